The molecule has 0 aromatic rings. The van der Waals surface area contributed by atoms with Crippen LogP contribution in [0.2, 0.25) is 0 Å². The first-order chi connectivity index (χ1) is 8.66. The van der Waals surface area contributed by atoms with Crippen LogP contribution in [0.1, 0.15) is 45.4 Å². The summed E-state index contributed by atoms with van der Waals surface area (Å²) in [5, 5.41) is 0. The summed E-state index contributed by atoms with van der Waals surface area (Å²) in [5.41, 5.74) is 2.60. The number of amides is 2. The fourth-order valence-electron chi connectivity index (χ4n) is 2.69. The molecule has 0 unspecified atom stereocenters. The van der Waals surface area contributed by atoms with Gasteiger partial charge in [0.15, 0.2) is 0 Å². The number of nitrogens with zero attached hydrogens (tertiary/aromatic N) is 1. The van der Waals surface area contributed by atoms with Crippen molar-refractivity contribution in [3.8, 4) is 0 Å². The molecule has 0 aromatic heterocycles. The van der Waals surface area contributed by atoms with Crippen molar-refractivity contribution in [3.63, 3.8) is 0 Å². The monoisotopic (exact) mass is 254 g/mol. The highest BCUT2D eigenvalue weighted by Gasteiger charge is 2.27. The topological polar surface area (TPSA) is 58.6 Å². The number of hydroxylamine groups is 1. The summed E-state index contributed by atoms with van der Waals surface area (Å²) in [5.74, 6) is 0.0585. The molecule has 0 bridgehead atoms. The molecular formula is C13H22N2O3. The van der Waals surface area contributed by atoms with E-state index in [1.54, 1.807) is 11.8 Å². The Morgan fingerprint density at radius 2 is 1.72 bits per heavy atom. The average Bonchev–Trinajstić information content (AvgIpc) is 2.89. The maximum atomic E-state index is 11.9. The fraction of sp³-hybridized carbons (Fsp3) is 0.846. The Morgan fingerprint density at radius 3 is 2.28 bits per heavy atom. The molecule has 2 amide bonds. The smallest absolute Gasteiger partial charge is 0.246 e. The highest BCUT2D eigenvalue weighted by atomic mass is 16.7. The predicted octanol–water partition coefficient (Wildman–Crippen LogP) is 1.24. The second-order valence-electron chi connectivity index (χ2n) is 5.27. The second kappa shape index (κ2) is 6.18. The molecule has 1 saturated carbocycles. The Hall–Kier alpha value is -1.10. The number of carbonyl (C=O) groups excluding carboxylic acids is 2. The largest absolute Gasteiger partial charge is 0.343 e. The molecule has 1 aliphatic heterocycles. The zero-order valence-electron chi connectivity index (χ0n) is 11.0. The number of piperidine rings is 1. The van der Waals surface area contributed by atoms with Crippen LogP contribution < -0.4 is 5.48 Å². The number of likely N-dealkylation sites (tertiary alicyclic amines) is 1. The lowest BCUT2D eigenvalue weighted by Gasteiger charge is -2.30. The van der Waals surface area contributed by atoms with Gasteiger partial charge in [-0.25, -0.2) is 5.48 Å². The quantitative estimate of drug-likeness (QED) is 0.771. The second-order valence-corrected chi connectivity index (χ2v) is 5.27. The van der Waals surface area contributed by atoms with E-state index in [9.17, 15) is 9.59 Å². The fourth-order valence-corrected chi connectivity index (χ4v) is 2.69. The summed E-state index contributed by atoms with van der Waals surface area (Å²) in [7, 11) is 0. The molecule has 1 aliphatic carbocycles. The Bertz CT molecular complexity index is 305. The lowest BCUT2D eigenvalue weighted by Crippen LogP contribution is -2.42. The first-order valence-corrected chi connectivity index (χ1v) is 6.88. The van der Waals surface area contributed by atoms with Crippen LogP contribution in [0.15, 0.2) is 0 Å². The number of hydrogen-bond acceptors (Lipinski definition) is 3. The minimum atomic E-state index is -0.0231. The van der Waals surface area contributed by atoms with Gasteiger partial charge in [-0.1, -0.05) is 12.8 Å². The third-order valence-corrected chi connectivity index (χ3v) is 3.94. The molecule has 1 N–H and O–H groups in total. The summed E-state index contributed by atoms with van der Waals surface area (Å²) in [6, 6.07) is 0. The minimum absolute atomic E-state index is 0.0120. The Morgan fingerprint density at radius 1 is 1.11 bits per heavy atom. The van der Waals surface area contributed by atoms with Gasteiger partial charge in [0.2, 0.25) is 11.8 Å². The first kappa shape index (κ1) is 13.3. The standard InChI is InChI=1S/C13H22N2O3/c1-10(16)15-8-6-11(7-9-15)13(17)14-18-12-4-2-3-5-12/h11-12H,2-9H2,1H3,(H,14,17). The van der Waals surface area contributed by atoms with Crippen LogP contribution in [0.4, 0.5) is 0 Å². The van der Waals surface area contributed by atoms with Gasteiger partial charge in [-0.05, 0) is 25.7 Å². The van der Waals surface area contributed by atoms with E-state index in [2.05, 4.69) is 5.48 Å². The third kappa shape index (κ3) is 3.45. The SMILES string of the molecule is CC(=O)N1CCC(C(=O)NOC2CCCC2)CC1. The van der Waals surface area contributed by atoms with Crippen LogP contribution in [-0.4, -0.2) is 35.9 Å². The normalized spacial score (nSPS) is 22.2. The van der Waals surface area contributed by atoms with Crippen LogP contribution in [0, 0.1) is 5.92 Å². The molecule has 102 valence electrons. The van der Waals surface area contributed by atoms with Crippen molar-refractivity contribution in [1.29, 1.82) is 0 Å². The van der Waals surface area contributed by atoms with Gasteiger partial charge in [0.25, 0.3) is 0 Å². The van der Waals surface area contributed by atoms with Gasteiger partial charge in [-0.3, -0.25) is 14.4 Å². The first-order valence-electron chi connectivity index (χ1n) is 6.88. The number of rotatable bonds is 3. The van der Waals surface area contributed by atoms with Crippen LogP contribution >= 0.6 is 0 Å². The Balaban J connectivity index is 1.68. The summed E-state index contributed by atoms with van der Waals surface area (Å²) < 4.78 is 0. The lowest BCUT2D eigenvalue weighted by molar-refractivity contribution is -0.145. The van der Waals surface area contributed by atoms with Crippen molar-refractivity contribution in [2.24, 2.45) is 5.92 Å². The summed E-state index contributed by atoms with van der Waals surface area (Å²) >= 11 is 0. The summed E-state index contributed by atoms with van der Waals surface area (Å²) in [6.07, 6.45) is 6.14. The van der Waals surface area contributed by atoms with Gasteiger partial charge >= 0.3 is 0 Å². The van der Waals surface area contributed by atoms with E-state index in [0.717, 1.165) is 25.7 Å². The van der Waals surface area contributed by atoms with Gasteiger partial charge in [-0.2, -0.15) is 0 Å². The van der Waals surface area contributed by atoms with Crippen molar-refractivity contribution in [3.05, 3.63) is 0 Å². The van der Waals surface area contributed by atoms with Crippen molar-refractivity contribution in [2.45, 2.75) is 51.6 Å². The molecule has 0 radical (unpaired) electrons. The van der Waals surface area contributed by atoms with E-state index >= 15 is 0 Å². The molecule has 0 aromatic carbocycles. The van der Waals surface area contributed by atoms with E-state index < -0.39 is 0 Å². The molecule has 5 nitrogen and oxygen atoms in total. The van der Waals surface area contributed by atoms with Crippen LogP contribution in [0.3, 0.4) is 0 Å². The highest BCUT2D eigenvalue weighted by Crippen LogP contribution is 2.21. The third-order valence-electron chi connectivity index (χ3n) is 3.94. The molecule has 0 atom stereocenters. The van der Waals surface area contributed by atoms with Crippen LogP contribution in [-0.2, 0) is 14.4 Å². The number of hydrogen-bond donors (Lipinski definition) is 1. The molecule has 1 heterocycles. The molecule has 1 saturated heterocycles. The minimum Gasteiger partial charge on any atom is -0.343 e. The highest BCUT2D eigenvalue weighted by molar-refractivity contribution is 5.78. The van der Waals surface area contributed by atoms with Crippen molar-refractivity contribution in [2.75, 3.05) is 13.1 Å². The van der Waals surface area contributed by atoms with E-state index in [1.165, 1.54) is 12.8 Å². The predicted molar refractivity (Wildman–Crippen MR) is 66.5 cm³/mol. The van der Waals surface area contributed by atoms with E-state index in [1.807, 2.05) is 0 Å². The maximum absolute atomic E-state index is 11.9. The summed E-state index contributed by atoms with van der Waals surface area (Å²) in [4.78, 5) is 30.3. The Kier molecular flexibility index (Phi) is 4.58. The number of nitrogens with one attached hydrogen (secondary N) is 1. The lowest BCUT2D eigenvalue weighted by atomic mass is 9.96. The van der Waals surface area contributed by atoms with Gasteiger partial charge in [0.05, 0.1) is 6.10 Å². The van der Waals surface area contributed by atoms with E-state index in [0.29, 0.717) is 13.1 Å². The van der Waals surface area contributed by atoms with Crippen molar-refractivity contribution >= 4 is 11.8 Å². The Labute approximate surface area is 108 Å². The zero-order chi connectivity index (χ0) is 13.0. The summed E-state index contributed by atoms with van der Waals surface area (Å²) in [6.45, 7) is 2.93. The molecule has 2 aliphatic rings. The average molecular weight is 254 g/mol. The molecule has 5 heteroatoms. The van der Waals surface area contributed by atoms with Crippen LogP contribution in [0.25, 0.3) is 0 Å². The van der Waals surface area contributed by atoms with Gasteiger partial charge < -0.3 is 4.90 Å². The maximum Gasteiger partial charge on any atom is 0.246 e. The van der Waals surface area contributed by atoms with Crippen molar-refractivity contribution in [1.82, 2.24) is 10.4 Å². The number of carbonyl (C=O) groups is 2. The zero-order valence-corrected chi connectivity index (χ0v) is 11.0. The van der Waals surface area contributed by atoms with Gasteiger partial charge in [0, 0.05) is 25.9 Å². The van der Waals surface area contributed by atoms with Gasteiger partial charge in [-0.15, -0.1) is 0 Å². The van der Waals surface area contributed by atoms with E-state index in [4.69, 9.17) is 4.84 Å². The molecule has 0 spiro atoms. The molecule has 2 rings (SSSR count). The van der Waals surface area contributed by atoms with Crippen molar-refractivity contribution < 1.29 is 14.4 Å². The van der Waals surface area contributed by atoms with Gasteiger partial charge in [0.1, 0.15) is 0 Å². The molecule has 2 fully saturated rings. The van der Waals surface area contributed by atoms with E-state index in [-0.39, 0.29) is 23.8 Å². The van der Waals surface area contributed by atoms with Crippen LogP contribution in [0.5, 0.6) is 0 Å². The molecular weight excluding hydrogens is 232 g/mol. The molecule has 18 heavy (non-hydrogen) atoms.